The van der Waals surface area contributed by atoms with Gasteiger partial charge in [0.1, 0.15) is 6.04 Å². The molecule has 0 saturated heterocycles. The van der Waals surface area contributed by atoms with E-state index in [9.17, 15) is 9.59 Å². The van der Waals surface area contributed by atoms with E-state index in [1.54, 1.807) is 24.3 Å². The number of nitrogens with one attached hydrogen (secondary N) is 2. The lowest BCUT2D eigenvalue weighted by atomic mass is 9.98. The molecule has 1 aromatic carbocycles. The van der Waals surface area contributed by atoms with Gasteiger partial charge in [0.15, 0.2) is 0 Å². The molecule has 21 heavy (non-hydrogen) atoms. The topological polar surface area (TPSA) is 58.2 Å². The Morgan fingerprint density at radius 2 is 1.81 bits per heavy atom. The highest BCUT2D eigenvalue weighted by Gasteiger charge is 2.25. The number of rotatable bonds is 7. The molecule has 0 aliphatic rings. The van der Waals surface area contributed by atoms with Gasteiger partial charge in [-0.25, -0.2) is 0 Å². The van der Waals surface area contributed by atoms with Crippen molar-refractivity contribution < 1.29 is 9.59 Å². The Kier molecular flexibility index (Phi) is 7.23. The summed E-state index contributed by atoms with van der Waals surface area (Å²) in [6, 6.07) is 6.09. The molecule has 4 nitrogen and oxygen atoms in total. The zero-order valence-electron chi connectivity index (χ0n) is 12.8. The number of hydrogen-bond acceptors (Lipinski definition) is 2. The Balaban J connectivity index is 2.78. The summed E-state index contributed by atoms with van der Waals surface area (Å²) >= 11 is 5.81. The summed E-state index contributed by atoms with van der Waals surface area (Å²) in [5, 5.41) is 6.23. The number of hydrogen-bond donors (Lipinski definition) is 2. The summed E-state index contributed by atoms with van der Waals surface area (Å²) in [5.41, 5.74) is 0.496. The first-order valence-corrected chi connectivity index (χ1v) is 7.71. The van der Waals surface area contributed by atoms with E-state index in [2.05, 4.69) is 10.6 Å². The molecule has 0 aromatic heterocycles. The maximum atomic E-state index is 12.2. The van der Waals surface area contributed by atoms with E-state index >= 15 is 0 Å². The smallest absolute Gasteiger partial charge is 0.251 e. The van der Waals surface area contributed by atoms with Crippen LogP contribution in [0.1, 0.15) is 44.0 Å². The van der Waals surface area contributed by atoms with Crippen molar-refractivity contribution in [3.8, 4) is 0 Å². The standard InChI is InChI=1S/C16H23ClN2O2/c1-4-10-18-16(21)14(11(3)5-2)19-15(20)12-6-8-13(17)9-7-12/h6-9,11,14H,4-5,10H2,1-3H3,(H,18,21)(H,19,20)/t11-,14-/m0/s1. The third-order valence-corrected chi connectivity index (χ3v) is 3.69. The SMILES string of the molecule is CCCNC(=O)[C@@H](NC(=O)c1ccc(Cl)cc1)[C@@H](C)CC. The highest BCUT2D eigenvalue weighted by Crippen LogP contribution is 2.12. The van der Waals surface area contributed by atoms with Crippen molar-refractivity contribution in [2.24, 2.45) is 5.92 Å². The van der Waals surface area contributed by atoms with Crippen LogP contribution in [0.2, 0.25) is 5.02 Å². The van der Waals surface area contributed by atoms with Crippen LogP contribution in [0.3, 0.4) is 0 Å². The predicted molar refractivity (Wildman–Crippen MR) is 85.5 cm³/mol. The van der Waals surface area contributed by atoms with Crippen LogP contribution in [-0.4, -0.2) is 24.4 Å². The van der Waals surface area contributed by atoms with E-state index in [4.69, 9.17) is 11.6 Å². The Hall–Kier alpha value is -1.55. The second kappa shape index (κ2) is 8.67. The molecule has 2 atom stereocenters. The Morgan fingerprint density at radius 3 is 2.33 bits per heavy atom. The molecule has 0 saturated carbocycles. The monoisotopic (exact) mass is 310 g/mol. The maximum absolute atomic E-state index is 12.2. The normalized spacial score (nSPS) is 13.3. The van der Waals surface area contributed by atoms with Crippen molar-refractivity contribution in [2.75, 3.05) is 6.54 Å². The molecule has 0 heterocycles. The number of halogens is 1. The molecule has 0 spiro atoms. The number of carbonyl (C=O) groups is 2. The zero-order chi connectivity index (χ0) is 15.8. The lowest BCUT2D eigenvalue weighted by molar-refractivity contribution is -0.124. The van der Waals surface area contributed by atoms with Gasteiger partial charge < -0.3 is 10.6 Å². The molecule has 0 unspecified atom stereocenters. The van der Waals surface area contributed by atoms with Crippen molar-refractivity contribution in [3.63, 3.8) is 0 Å². The van der Waals surface area contributed by atoms with Crippen molar-refractivity contribution in [2.45, 2.75) is 39.7 Å². The van der Waals surface area contributed by atoms with Crippen molar-refractivity contribution in [1.29, 1.82) is 0 Å². The molecule has 1 rings (SSSR count). The van der Waals surface area contributed by atoms with Crippen LogP contribution < -0.4 is 10.6 Å². The third kappa shape index (κ3) is 5.38. The quantitative estimate of drug-likeness (QED) is 0.813. The summed E-state index contributed by atoms with van der Waals surface area (Å²) < 4.78 is 0. The van der Waals surface area contributed by atoms with Crippen LogP contribution in [0.25, 0.3) is 0 Å². The van der Waals surface area contributed by atoms with Crippen LogP contribution in [0.4, 0.5) is 0 Å². The Morgan fingerprint density at radius 1 is 1.19 bits per heavy atom. The lowest BCUT2D eigenvalue weighted by Crippen LogP contribution is -2.50. The second-order valence-electron chi connectivity index (χ2n) is 5.13. The van der Waals surface area contributed by atoms with E-state index in [0.717, 1.165) is 12.8 Å². The minimum Gasteiger partial charge on any atom is -0.354 e. The fourth-order valence-electron chi connectivity index (χ4n) is 1.89. The molecule has 2 N–H and O–H groups in total. The highest BCUT2D eigenvalue weighted by atomic mass is 35.5. The fraction of sp³-hybridized carbons (Fsp3) is 0.500. The zero-order valence-corrected chi connectivity index (χ0v) is 13.5. The first-order chi connectivity index (χ1) is 9.99. The fourth-order valence-corrected chi connectivity index (χ4v) is 2.01. The summed E-state index contributed by atoms with van der Waals surface area (Å²) in [7, 11) is 0. The van der Waals surface area contributed by atoms with E-state index in [1.165, 1.54) is 0 Å². The number of amides is 2. The third-order valence-electron chi connectivity index (χ3n) is 3.44. The molecule has 5 heteroatoms. The van der Waals surface area contributed by atoms with Crippen molar-refractivity contribution >= 4 is 23.4 Å². The molecular weight excluding hydrogens is 288 g/mol. The van der Waals surface area contributed by atoms with Gasteiger partial charge in [-0.05, 0) is 36.6 Å². The molecule has 0 aliphatic carbocycles. The van der Waals surface area contributed by atoms with Crippen LogP contribution in [0.15, 0.2) is 24.3 Å². The Labute approximate surface area is 131 Å². The molecule has 0 fully saturated rings. The van der Waals surface area contributed by atoms with Gasteiger partial charge in [0, 0.05) is 17.1 Å². The van der Waals surface area contributed by atoms with E-state index in [0.29, 0.717) is 17.1 Å². The van der Waals surface area contributed by atoms with Gasteiger partial charge in [-0.1, -0.05) is 38.8 Å². The minimum atomic E-state index is -0.523. The predicted octanol–water partition coefficient (Wildman–Crippen LogP) is 3.01. The van der Waals surface area contributed by atoms with E-state index in [-0.39, 0.29) is 17.7 Å². The summed E-state index contributed by atoms with van der Waals surface area (Å²) in [5.74, 6) is -0.324. The highest BCUT2D eigenvalue weighted by molar-refractivity contribution is 6.30. The van der Waals surface area contributed by atoms with Gasteiger partial charge in [0.25, 0.3) is 5.91 Å². The van der Waals surface area contributed by atoms with Gasteiger partial charge in [0.05, 0.1) is 0 Å². The summed E-state index contributed by atoms with van der Waals surface area (Å²) in [6.07, 6.45) is 1.68. The van der Waals surface area contributed by atoms with E-state index in [1.807, 2.05) is 20.8 Å². The molecule has 0 radical (unpaired) electrons. The summed E-state index contributed by atoms with van der Waals surface area (Å²) in [4.78, 5) is 24.4. The first-order valence-electron chi connectivity index (χ1n) is 7.33. The average molecular weight is 311 g/mol. The maximum Gasteiger partial charge on any atom is 0.251 e. The van der Waals surface area contributed by atoms with Gasteiger partial charge in [-0.15, -0.1) is 0 Å². The molecule has 0 bridgehead atoms. The number of carbonyl (C=O) groups excluding carboxylic acids is 2. The summed E-state index contributed by atoms with van der Waals surface area (Å²) in [6.45, 7) is 6.56. The largest absolute Gasteiger partial charge is 0.354 e. The average Bonchev–Trinajstić information content (AvgIpc) is 2.49. The molecule has 2 amide bonds. The molecular formula is C16H23ClN2O2. The number of benzene rings is 1. The van der Waals surface area contributed by atoms with Crippen LogP contribution in [0, 0.1) is 5.92 Å². The Bertz CT molecular complexity index is 474. The molecule has 116 valence electrons. The lowest BCUT2D eigenvalue weighted by Gasteiger charge is -2.23. The first kappa shape index (κ1) is 17.5. The molecule has 1 aromatic rings. The van der Waals surface area contributed by atoms with E-state index < -0.39 is 6.04 Å². The minimum absolute atomic E-state index is 0.0677. The van der Waals surface area contributed by atoms with Gasteiger partial charge >= 0.3 is 0 Å². The second-order valence-corrected chi connectivity index (χ2v) is 5.57. The van der Waals surface area contributed by atoms with Gasteiger partial charge in [-0.2, -0.15) is 0 Å². The van der Waals surface area contributed by atoms with Gasteiger partial charge in [-0.3, -0.25) is 9.59 Å². The van der Waals surface area contributed by atoms with Gasteiger partial charge in [0.2, 0.25) is 5.91 Å². The molecule has 0 aliphatic heterocycles. The van der Waals surface area contributed by atoms with Crippen LogP contribution in [0.5, 0.6) is 0 Å². The van der Waals surface area contributed by atoms with Crippen molar-refractivity contribution in [1.82, 2.24) is 10.6 Å². The van der Waals surface area contributed by atoms with Crippen LogP contribution >= 0.6 is 11.6 Å². The van der Waals surface area contributed by atoms with Crippen LogP contribution in [-0.2, 0) is 4.79 Å². The van der Waals surface area contributed by atoms with Crippen molar-refractivity contribution in [3.05, 3.63) is 34.9 Å².